The molecule has 0 unspecified atom stereocenters. The number of nitrogens with zero attached hydrogens (tertiary/aromatic N) is 4. The van der Waals surface area contributed by atoms with Crippen molar-refractivity contribution in [1.29, 1.82) is 5.26 Å². The molecule has 0 aliphatic rings. The highest BCUT2D eigenvalue weighted by molar-refractivity contribution is 5.49. The number of nitrogens with one attached hydrogen (secondary N) is 1. The standard InChI is InChI=1S/C14H23N5/c1-5-16-14-17-9-12(4)13(18-14)19(8-6-7-15)10-11(2)3/h9,11H,5-6,8,10H2,1-4H3,(H,16,17,18). The Labute approximate surface area is 115 Å². The summed E-state index contributed by atoms with van der Waals surface area (Å²) < 4.78 is 0. The maximum absolute atomic E-state index is 8.78. The van der Waals surface area contributed by atoms with Gasteiger partial charge in [-0.2, -0.15) is 10.2 Å². The minimum absolute atomic E-state index is 0.507. The molecule has 1 aromatic heterocycles. The quantitative estimate of drug-likeness (QED) is 0.817. The van der Waals surface area contributed by atoms with Crippen LogP contribution in [0, 0.1) is 24.2 Å². The number of aryl methyl sites for hydroxylation is 1. The van der Waals surface area contributed by atoms with E-state index in [0.29, 0.717) is 24.8 Å². The van der Waals surface area contributed by atoms with Gasteiger partial charge in [-0.3, -0.25) is 0 Å². The van der Waals surface area contributed by atoms with Gasteiger partial charge in [0.2, 0.25) is 5.95 Å². The van der Waals surface area contributed by atoms with Crippen LogP contribution < -0.4 is 10.2 Å². The predicted molar refractivity (Wildman–Crippen MR) is 78.2 cm³/mol. The van der Waals surface area contributed by atoms with Crippen LogP contribution in [-0.4, -0.2) is 29.6 Å². The van der Waals surface area contributed by atoms with Crippen LogP contribution in [0.3, 0.4) is 0 Å². The normalized spacial score (nSPS) is 10.3. The van der Waals surface area contributed by atoms with Gasteiger partial charge < -0.3 is 10.2 Å². The smallest absolute Gasteiger partial charge is 0.224 e. The van der Waals surface area contributed by atoms with Gasteiger partial charge in [0, 0.05) is 31.4 Å². The summed E-state index contributed by atoms with van der Waals surface area (Å²) in [5.41, 5.74) is 1.04. The lowest BCUT2D eigenvalue weighted by Crippen LogP contribution is -2.30. The summed E-state index contributed by atoms with van der Waals surface area (Å²) in [4.78, 5) is 11.0. The van der Waals surface area contributed by atoms with Crippen LogP contribution in [0.15, 0.2) is 6.20 Å². The molecule has 0 atom stereocenters. The van der Waals surface area contributed by atoms with Gasteiger partial charge >= 0.3 is 0 Å². The van der Waals surface area contributed by atoms with Crippen LogP contribution in [0.4, 0.5) is 11.8 Å². The van der Waals surface area contributed by atoms with E-state index in [-0.39, 0.29) is 0 Å². The van der Waals surface area contributed by atoms with Gasteiger partial charge in [-0.1, -0.05) is 13.8 Å². The van der Waals surface area contributed by atoms with E-state index >= 15 is 0 Å². The SMILES string of the molecule is CCNc1ncc(C)c(N(CCC#N)CC(C)C)n1. The molecule has 104 valence electrons. The van der Waals surface area contributed by atoms with Crippen molar-refractivity contribution >= 4 is 11.8 Å². The van der Waals surface area contributed by atoms with E-state index in [2.05, 4.69) is 40.1 Å². The van der Waals surface area contributed by atoms with Gasteiger partial charge in [0.1, 0.15) is 5.82 Å². The number of hydrogen-bond acceptors (Lipinski definition) is 5. The van der Waals surface area contributed by atoms with Crippen molar-refractivity contribution in [2.24, 2.45) is 5.92 Å². The van der Waals surface area contributed by atoms with Gasteiger partial charge in [-0.25, -0.2) is 4.98 Å². The van der Waals surface area contributed by atoms with E-state index in [1.807, 2.05) is 20.0 Å². The fraction of sp³-hybridized carbons (Fsp3) is 0.643. The molecule has 0 bridgehead atoms. The van der Waals surface area contributed by atoms with E-state index in [0.717, 1.165) is 24.5 Å². The molecular formula is C14H23N5. The Morgan fingerprint density at radius 1 is 1.47 bits per heavy atom. The van der Waals surface area contributed by atoms with E-state index in [1.165, 1.54) is 0 Å². The highest BCUT2D eigenvalue weighted by atomic mass is 15.2. The van der Waals surface area contributed by atoms with Crippen molar-refractivity contribution < 1.29 is 0 Å². The minimum Gasteiger partial charge on any atom is -0.355 e. The summed E-state index contributed by atoms with van der Waals surface area (Å²) in [6.45, 7) is 10.8. The Bertz CT molecular complexity index is 436. The second-order valence-corrected chi connectivity index (χ2v) is 4.98. The highest BCUT2D eigenvalue weighted by Crippen LogP contribution is 2.19. The summed E-state index contributed by atoms with van der Waals surface area (Å²) in [5, 5.41) is 11.9. The van der Waals surface area contributed by atoms with Gasteiger partial charge in [0.15, 0.2) is 0 Å². The van der Waals surface area contributed by atoms with Crippen LogP contribution in [0.2, 0.25) is 0 Å². The van der Waals surface area contributed by atoms with Crippen LogP contribution in [-0.2, 0) is 0 Å². The zero-order valence-electron chi connectivity index (χ0n) is 12.3. The third-order valence-corrected chi connectivity index (χ3v) is 2.66. The first-order valence-electron chi connectivity index (χ1n) is 6.77. The van der Waals surface area contributed by atoms with Crippen LogP contribution in [0.25, 0.3) is 0 Å². The average molecular weight is 261 g/mol. The third kappa shape index (κ3) is 4.74. The van der Waals surface area contributed by atoms with Crippen LogP contribution in [0.5, 0.6) is 0 Å². The van der Waals surface area contributed by atoms with Crippen molar-refractivity contribution in [2.45, 2.75) is 34.1 Å². The molecule has 0 aliphatic heterocycles. The molecule has 0 aliphatic carbocycles. The molecule has 0 saturated heterocycles. The van der Waals surface area contributed by atoms with Gasteiger partial charge in [-0.15, -0.1) is 0 Å². The zero-order valence-corrected chi connectivity index (χ0v) is 12.3. The van der Waals surface area contributed by atoms with Crippen molar-refractivity contribution in [3.63, 3.8) is 0 Å². The van der Waals surface area contributed by atoms with Crippen molar-refractivity contribution in [2.75, 3.05) is 29.9 Å². The van der Waals surface area contributed by atoms with E-state index < -0.39 is 0 Å². The van der Waals surface area contributed by atoms with Crippen molar-refractivity contribution in [3.05, 3.63) is 11.8 Å². The first kappa shape index (κ1) is 15.2. The van der Waals surface area contributed by atoms with Gasteiger partial charge in [0.25, 0.3) is 0 Å². The Kier molecular flexibility index (Phi) is 6.07. The average Bonchev–Trinajstić information content (AvgIpc) is 2.37. The molecule has 0 saturated carbocycles. The Morgan fingerprint density at radius 2 is 2.21 bits per heavy atom. The number of rotatable bonds is 7. The maximum atomic E-state index is 8.78. The number of hydrogen-bond donors (Lipinski definition) is 1. The fourth-order valence-corrected chi connectivity index (χ4v) is 1.91. The Morgan fingerprint density at radius 3 is 2.79 bits per heavy atom. The molecule has 0 radical (unpaired) electrons. The number of aromatic nitrogens is 2. The number of anilines is 2. The summed E-state index contributed by atoms with van der Waals surface area (Å²) in [5.74, 6) is 2.10. The lowest BCUT2D eigenvalue weighted by Gasteiger charge is -2.26. The fourth-order valence-electron chi connectivity index (χ4n) is 1.91. The molecule has 0 aromatic carbocycles. The lowest BCUT2D eigenvalue weighted by molar-refractivity contribution is 0.606. The molecule has 1 aromatic rings. The molecule has 1 rings (SSSR count). The van der Waals surface area contributed by atoms with Crippen LogP contribution in [0.1, 0.15) is 32.8 Å². The van der Waals surface area contributed by atoms with E-state index in [4.69, 9.17) is 5.26 Å². The molecule has 5 nitrogen and oxygen atoms in total. The van der Waals surface area contributed by atoms with Gasteiger partial charge in [0.05, 0.1) is 12.5 Å². The van der Waals surface area contributed by atoms with E-state index in [1.54, 1.807) is 0 Å². The minimum atomic E-state index is 0.507. The molecule has 19 heavy (non-hydrogen) atoms. The second kappa shape index (κ2) is 7.57. The van der Waals surface area contributed by atoms with Crippen molar-refractivity contribution in [3.8, 4) is 6.07 Å². The van der Waals surface area contributed by atoms with Crippen molar-refractivity contribution in [1.82, 2.24) is 9.97 Å². The zero-order chi connectivity index (χ0) is 14.3. The summed E-state index contributed by atoms with van der Waals surface area (Å²) in [6, 6.07) is 2.20. The lowest BCUT2D eigenvalue weighted by atomic mass is 10.2. The largest absolute Gasteiger partial charge is 0.355 e. The third-order valence-electron chi connectivity index (χ3n) is 2.66. The highest BCUT2D eigenvalue weighted by Gasteiger charge is 2.13. The van der Waals surface area contributed by atoms with Crippen LogP contribution >= 0.6 is 0 Å². The van der Waals surface area contributed by atoms with E-state index in [9.17, 15) is 0 Å². The summed E-state index contributed by atoms with van der Waals surface area (Å²) >= 11 is 0. The summed E-state index contributed by atoms with van der Waals surface area (Å²) in [7, 11) is 0. The molecule has 1 heterocycles. The number of nitriles is 1. The molecule has 5 heteroatoms. The molecule has 0 amide bonds. The summed E-state index contributed by atoms with van der Waals surface area (Å²) in [6.07, 6.45) is 2.34. The maximum Gasteiger partial charge on any atom is 0.224 e. The molecule has 0 spiro atoms. The Balaban J connectivity index is 2.98. The first-order chi connectivity index (χ1) is 9.08. The monoisotopic (exact) mass is 261 g/mol. The Hall–Kier alpha value is -1.83. The predicted octanol–water partition coefficient (Wildman–Crippen LogP) is 2.59. The second-order valence-electron chi connectivity index (χ2n) is 4.98. The van der Waals surface area contributed by atoms with Gasteiger partial charge in [-0.05, 0) is 19.8 Å². The topological polar surface area (TPSA) is 64.8 Å². The molecule has 1 N–H and O–H groups in total. The first-order valence-corrected chi connectivity index (χ1v) is 6.77. The molecular weight excluding hydrogens is 238 g/mol. The molecule has 0 fully saturated rings.